The molecule has 1 aliphatic heterocycles. The van der Waals surface area contributed by atoms with Crippen LogP contribution >= 0.6 is 0 Å². The van der Waals surface area contributed by atoms with Crippen molar-refractivity contribution in [2.75, 3.05) is 13.1 Å². The highest BCUT2D eigenvalue weighted by Crippen LogP contribution is 2.38. The number of likely N-dealkylation sites (tertiary alicyclic amines) is 1. The highest BCUT2D eigenvalue weighted by Gasteiger charge is 2.42. The van der Waals surface area contributed by atoms with Gasteiger partial charge in [-0.2, -0.15) is 0 Å². The van der Waals surface area contributed by atoms with Crippen LogP contribution in [0.25, 0.3) is 0 Å². The van der Waals surface area contributed by atoms with E-state index >= 15 is 0 Å². The predicted octanol–water partition coefficient (Wildman–Crippen LogP) is 3.46. The van der Waals surface area contributed by atoms with Crippen LogP contribution in [0.3, 0.4) is 0 Å². The summed E-state index contributed by atoms with van der Waals surface area (Å²) in [5, 5.41) is 9.75. The summed E-state index contributed by atoms with van der Waals surface area (Å²) in [5.41, 5.74) is 0.512. The summed E-state index contributed by atoms with van der Waals surface area (Å²) in [4.78, 5) is 15.1. The van der Waals surface area contributed by atoms with Crippen LogP contribution in [0.4, 0.5) is 0 Å². The average molecular weight is 275 g/mol. The number of hydrogen-bond acceptors (Lipinski definition) is 2. The number of benzene rings is 1. The molecule has 20 heavy (non-hydrogen) atoms. The average Bonchev–Trinajstić information content (AvgIpc) is 2.61. The van der Waals surface area contributed by atoms with Gasteiger partial charge in [-0.05, 0) is 43.4 Å². The van der Waals surface area contributed by atoms with Gasteiger partial charge in [0.1, 0.15) is 5.75 Å². The summed E-state index contributed by atoms with van der Waals surface area (Å²) < 4.78 is 0. The van der Waals surface area contributed by atoms with Gasteiger partial charge in [-0.25, -0.2) is 0 Å². The second kappa shape index (κ2) is 6.29. The number of phenolic OH excluding ortho intramolecular Hbond substituents is 1. The maximum absolute atomic E-state index is 13.0. The zero-order valence-corrected chi connectivity index (χ0v) is 12.6. The second-order valence-corrected chi connectivity index (χ2v) is 5.74. The molecule has 1 unspecified atom stereocenters. The van der Waals surface area contributed by atoms with E-state index in [9.17, 15) is 9.90 Å². The third kappa shape index (κ3) is 2.67. The normalized spacial score (nSPS) is 23.7. The number of phenols is 1. The van der Waals surface area contributed by atoms with Crippen molar-refractivity contribution in [1.29, 1.82) is 0 Å². The molecule has 0 spiro atoms. The van der Waals surface area contributed by atoms with Crippen LogP contribution in [-0.4, -0.2) is 29.0 Å². The molecule has 0 aromatic heterocycles. The van der Waals surface area contributed by atoms with Gasteiger partial charge in [0.05, 0.1) is 5.41 Å². The molecule has 1 heterocycles. The number of amides is 1. The van der Waals surface area contributed by atoms with Crippen LogP contribution in [0.1, 0.15) is 51.5 Å². The first-order valence-electron chi connectivity index (χ1n) is 7.73. The molecule has 3 nitrogen and oxygen atoms in total. The molecule has 1 saturated heterocycles. The molecule has 3 heteroatoms. The maximum Gasteiger partial charge on any atom is 0.233 e. The lowest BCUT2D eigenvalue weighted by molar-refractivity contribution is -0.137. The highest BCUT2D eigenvalue weighted by atomic mass is 16.3. The van der Waals surface area contributed by atoms with Crippen LogP contribution in [0, 0.1) is 0 Å². The Morgan fingerprint density at radius 1 is 1.30 bits per heavy atom. The lowest BCUT2D eigenvalue weighted by atomic mass is 9.73. The van der Waals surface area contributed by atoms with Crippen LogP contribution in [0.2, 0.25) is 0 Å². The Morgan fingerprint density at radius 2 is 2.10 bits per heavy atom. The minimum Gasteiger partial charge on any atom is -0.508 e. The van der Waals surface area contributed by atoms with Gasteiger partial charge in [-0.3, -0.25) is 4.79 Å². The largest absolute Gasteiger partial charge is 0.508 e. The van der Waals surface area contributed by atoms with Crippen molar-refractivity contribution in [3.8, 4) is 5.75 Å². The van der Waals surface area contributed by atoms with E-state index in [2.05, 4.69) is 13.8 Å². The second-order valence-electron chi connectivity index (χ2n) is 5.74. The molecule has 0 aliphatic carbocycles. The molecule has 1 fully saturated rings. The molecular weight excluding hydrogens is 250 g/mol. The summed E-state index contributed by atoms with van der Waals surface area (Å²) in [6, 6.07) is 7.25. The molecule has 1 aromatic rings. The van der Waals surface area contributed by atoms with Gasteiger partial charge in [-0.15, -0.1) is 0 Å². The number of nitrogens with zero attached hydrogens (tertiary/aromatic N) is 1. The molecule has 0 saturated carbocycles. The quantitative estimate of drug-likeness (QED) is 0.914. The number of carbonyl (C=O) groups is 1. The molecule has 0 bridgehead atoms. The summed E-state index contributed by atoms with van der Waals surface area (Å²) in [7, 11) is 0. The molecule has 1 aliphatic rings. The van der Waals surface area contributed by atoms with Crippen LogP contribution in [0.5, 0.6) is 5.75 Å². The van der Waals surface area contributed by atoms with Crippen molar-refractivity contribution in [3.63, 3.8) is 0 Å². The zero-order chi connectivity index (χ0) is 14.6. The number of hydrogen-bond donors (Lipinski definition) is 1. The Balaban J connectivity index is 2.42. The minimum atomic E-state index is -0.454. The predicted molar refractivity (Wildman–Crippen MR) is 80.8 cm³/mol. The summed E-state index contributed by atoms with van der Waals surface area (Å²) >= 11 is 0. The number of carbonyl (C=O) groups excluding carboxylic acids is 1. The molecule has 1 aromatic carbocycles. The lowest BCUT2D eigenvalue weighted by Crippen LogP contribution is -2.45. The smallest absolute Gasteiger partial charge is 0.233 e. The van der Waals surface area contributed by atoms with Crippen LogP contribution < -0.4 is 0 Å². The molecule has 0 radical (unpaired) electrons. The Labute approximate surface area is 121 Å². The highest BCUT2D eigenvalue weighted by molar-refractivity contribution is 5.88. The first-order valence-corrected chi connectivity index (χ1v) is 7.73. The molecule has 2 rings (SSSR count). The van der Waals surface area contributed by atoms with Crippen molar-refractivity contribution in [3.05, 3.63) is 29.8 Å². The SMILES string of the molecule is CCCN1CCCCC(CC)(c2cccc(O)c2)C1=O. The van der Waals surface area contributed by atoms with Gasteiger partial charge in [0.15, 0.2) is 0 Å². The van der Waals surface area contributed by atoms with Crippen molar-refractivity contribution in [1.82, 2.24) is 4.90 Å². The fourth-order valence-electron chi connectivity index (χ4n) is 3.33. The summed E-state index contributed by atoms with van der Waals surface area (Å²) in [6.07, 6.45) is 4.80. The van der Waals surface area contributed by atoms with E-state index in [1.165, 1.54) is 0 Å². The lowest BCUT2D eigenvalue weighted by Gasteiger charge is -2.35. The Bertz CT molecular complexity index is 472. The van der Waals surface area contributed by atoms with E-state index in [4.69, 9.17) is 0 Å². The zero-order valence-electron chi connectivity index (χ0n) is 12.6. The third-order valence-electron chi connectivity index (χ3n) is 4.47. The van der Waals surface area contributed by atoms with Crippen molar-refractivity contribution in [2.24, 2.45) is 0 Å². The fourth-order valence-corrected chi connectivity index (χ4v) is 3.33. The van der Waals surface area contributed by atoms with Gasteiger partial charge in [-0.1, -0.05) is 32.4 Å². The maximum atomic E-state index is 13.0. The van der Waals surface area contributed by atoms with Gasteiger partial charge < -0.3 is 10.0 Å². The van der Waals surface area contributed by atoms with Gasteiger partial charge in [0, 0.05) is 13.1 Å². The standard InChI is InChI=1S/C17H25NO2/c1-3-11-18-12-6-5-10-17(4-2,16(18)20)14-8-7-9-15(19)13-14/h7-9,13,19H,3-6,10-12H2,1-2H3. The summed E-state index contributed by atoms with van der Waals surface area (Å²) in [6.45, 7) is 5.89. The minimum absolute atomic E-state index is 0.241. The van der Waals surface area contributed by atoms with Gasteiger partial charge in [0.25, 0.3) is 0 Å². The Morgan fingerprint density at radius 3 is 2.75 bits per heavy atom. The van der Waals surface area contributed by atoms with Crippen LogP contribution in [0.15, 0.2) is 24.3 Å². The molecule has 110 valence electrons. The summed E-state index contributed by atoms with van der Waals surface area (Å²) in [5.74, 6) is 0.486. The van der Waals surface area contributed by atoms with Crippen LogP contribution in [-0.2, 0) is 10.2 Å². The monoisotopic (exact) mass is 275 g/mol. The van der Waals surface area contributed by atoms with Crippen molar-refractivity contribution >= 4 is 5.91 Å². The molecular formula is C17H25NO2. The molecule has 1 N–H and O–H groups in total. The van der Waals surface area contributed by atoms with E-state index < -0.39 is 5.41 Å². The Kier molecular flexibility index (Phi) is 4.69. The van der Waals surface area contributed by atoms with Crippen molar-refractivity contribution in [2.45, 2.75) is 51.4 Å². The molecule has 1 atom stereocenters. The fraction of sp³-hybridized carbons (Fsp3) is 0.588. The van der Waals surface area contributed by atoms with E-state index in [0.29, 0.717) is 0 Å². The topological polar surface area (TPSA) is 40.5 Å². The van der Waals surface area contributed by atoms with E-state index in [1.807, 2.05) is 17.0 Å². The first-order chi connectivity index (χ1) is 9.64. The van der Waals surface area contributed by atoms with Crippen molar-refractivity contribution < 1.29 is 9.90 Å². The Hall–Kier alpha value is -1.51. The molecule has 1 amide bonds. The van der Waals surface area contributed by atoms with Gasteiger partial charge >= 0.3 is 0 Å². The number of rotatable bonds is 4. The third-order valence-corrected chi connectivity index (χ3v) is 4.47. The van der Waals surface area contributed by atoms with E-state index in [-0.39, 0.29) is 11.7 Å². The van der Waals surface area contributed by atoms with E-state index in [1.54, 1.807) is 12.1 Å². The van der Waals surface area contributed by atoms with E-state index in [0.717, 1.165) is 50.8 Å². The van der Waals surface area contributed by atoms with Gasteiger partial charge in [0.2, 0.25) is 5.91 Å². The number of aromatic hydroxyl groups is 1. The first kappa shape index (κ1) is 14.9.